The lowest BCUT2D eigenvalue weighted by atomic mass is 10.0. The second-order valence-corrected chi connectivity index (χ2v) is 4.69. The van der Waals surface area contributed by atoms with Gasteiger partial charge < -0.3 is 0 Å². The monoisotopic (exact) mass is 200 g/mol. The van der Waals surface area contributed by atoms with Crippen molar-refractivity contribution in [1.82, 2.24) is 0 Å². The van der Waals surface area contributed by atoms with Crippen LogP contribution in [0.5, 0.6) is 0 Å². The minimum atomic E-state index is 0.867. The Morgan fingerprint density at radius 1 is 0.929 bits per heavy atom. The third-order valence-corrected chi connectivity index (χ3v) is 3.50. The molecule has 1 aliphatic carbocycles. The molecule has 1 aliphatic rings. The maximum absolute atomic E-state index is 2.28. The summed E-state index contributed by atoms with van der Waals surface area (Å²) >= 11 is 1.76. The summed E-state index contributed by atoms with van der Waals surface area (Å²) < 4.78 is 0. The summed E-state index contributed by atoms with van der Waals surface area (Å²) in [5.74, 6) is 0.867. The van der Waals surface area contributed by atoms with Crippen LogP contribution in [0.4, 0.5) is 0 Å². The van der Waals surface area contributed by atoms with Gasteiger partial charge in [-0.2, -0.15) is 11.3 Å². The summed E-state index contributed by atoms with van der Waals surface area (Å²) in [4.78, 5) is 0. The second-order valence-electron chi connectivity index (χ2n) is 3.91. The third kappa shape index (κ3) is 1.48. The number of rotatable bonds is 2. The molecule has 0 nitrogen and oxygen atoms in total. The summed E-state index contributed by atoms with van der Waals surface area (Å²) in [7, 11) is 0. The van der Waals surface area contributed by atoms with Crippen LogP contribution in [0.1, 0.15) is 24.3 Å². The maximum atomic E-state index is 2.28. The predicted octanol–water partition coefficient (Wildman–Crippen LogP) is 4.29. The van der Waals surface area contributed by atoms with E-state index in [1.54, 1.807) is 11.3 Å². The van der Waals surface area contributed by atoms with Crippen LogP contribution >= 0.6 is 11.3 Å². The van der Waals surface area contributed by atoms with Gasteiger partial charge in [-0.3, -0.25) is 0 Å². The molecule has 70 valence electrons. The van der Waals surface area contributed by atoms with Gasteiger partial charge in [0.2, 0.25) is 0 Å². The van der Waals surface area contributed by atoms with Gasteiger partial charge in [0.15, 0.2) is 0 Å². The molecule has 0 amide bonds. The summed E-state index contributed by atoms with van der Waals surface area (Å²) in [6.07, 6.45) is 2.77. The van der Waals surface area contributed by atoms with Crippen LogP contribution in [-0.2, 0) is 0 Å². The van der Waals surface area contributed by atoms with Crippen LogP contribution in [0.2, 0.25) is 0 Å². The van der Waals surface area contributed by atoms with Gasteiger partial charge in [-0.1, -0.05) is 24.3 Å². The zero-order chi connectivity index (χ0) is 9.38. The fourth-order valence-electron chi connectivity index (χ4n) is 1.79. The molecule has 1 aromatic carbocycles. The first-order valence-corrected chi connectivity index (χ1v) is 6.00. The van der Waals surface area contributed by atoms with E-state index in [1.807, 2.05) is 0 Å². The fraction of sp³-hybridized carbons (Fsp3) is 0.231. The van der Waals surface area contributed by atoms with Crippen LogP contribution < -0.4 is 0 Å². The van der Waals surface area contributed by atoms with Crippen molar-refractivity contribution in [2.45, 2.75) is 18.8 Å². The SMILES string of the molecule is c1cc(-c2ccc(C3CC3)cc2)cs1. The van der Waals surface area contributed by atoms with Crippen LogP contribution in [0.15, 0.2) is 41.1 Å². The van der Waals surface area contributed by atoms with Crippen molar-refractivity contribution >= 4 is 11.3 Å². The first-order valence-electron chi connectivity index (χ1n) is 5.06. The third-order valence-electron chi connectivity index (χ3n) is 2.81. The van der Waals surface area contributed by atoms with Gasteiger partial charge in [0, 0.05) is 0 Å². The van der Waals surface area contributed by atoms with Gasteiger partial charge >= 0.3 is 0 Å². The van der Waals surface area contributed by atoms with Crippen molar-refractivity contribution in [2.75, 3.05) is 0 Å². The summed E-state index contributed by atoms with van der Waals surface area (Å²) in [6, 6.07) is 11.2. The zero-order valence-electron chi connectivity index (χ0n) is 7.94. The van der Waals surface area contributed by atoms with E-state index in [-0.39, 0.29) is 0 Å². The molecule has 0 spiro atoms. The molecule has 2 aromatic rings. The molecule has 0 bridgehead atoms. The van der Waals surface area contributed by atoms with E-state index in [0.717, 1.165) is 5.92 Å². The molecule has 0 aliphatic heterocycles. The molecule has 0 N–H and O–H groups in total. The molecule has 1 fully saturated rings. The van der Waals surface area contributed by atoms with Crippen molar-refractivity contribution in [2.24, 2.45) is 0 Å². The number of hydrogen-bond donors (Lipinski definition) is 0. The van der Waals surface area contributed by atoms with Gasteiger partial charge in [0.1, 0.15) is 0 Å². The predicted molar refractivity (Wildman–Crippen MR) is 61.7 cm³/mol. The van der Waals surface area contributed by atoms with Crippen molar-refractivity contribution in [3.63, 3.8) is 0 Å². The van der Waals surface area contributed by atoms with E-state index >= 15 is 0 Å². The topological polar surface area (TPSA) is 0 Å². The summed E-state index contributed by atoms with van der Waals surface area (Å²) in [5, 5.41) is 4.33. The normalized spacial score (nSPS) is 15.7. The fourth-order valence-corrected chi connectivity index (χ4v) is 2.46. The Hall–Kier alpha value is -1.08. The van der Waals surface area contributed by atoms with Gasteiger partial charge in [-0.05, 0) is 52.3 Å². The average Bonchev–Trinajstić information content (AvgIpc) is 2.94. The Balaban J connectivity index is 1.93. The van der Waals surface area contributed by atoms with Gasteiger partial charge in [-0.15, -0.1) is 0 Å². The number of benzene rings is 1. The Morgan fingerprint density at radius 3 is 2.29 bits per heavy atom. The van der Waals surface area contributed by atoms with Crippen LogP contribution in [0.25, 0.3) is 11.1 Å². The highest BCUT2D eigenvalue weighted by molar-refractivity contribution is 7.08. The highest BCUT2D eigenvalue weighted by Gasteiger charge is 2.22. The van der Waals surface area contributed by atoms with E-state index in [1.165, 1.54) is 29.5 Å². The molecule has 0 saturated heterocycles. The first-order chi connectivity index (χ1) is 6.93. The second kappa shape index (κ2) is 3.25. The molecule has 0 radical (unpaired) electrons. The zero-order valence-corrected chi connectivity index (χ0v) is 8.76. The number of hydrogen-bond acceptors (Lipinski definition) is 1. The van der Waals surface area contributed by atoms with E-state index in [0.29, 0.717) is 0 Å². The molecule has 1 aromatic heterocycles. The van der Waals surface area contributed by atoms with Crippen molar-refractivity contribution < 1.29 is 0 Å². The Bertz CT molecular complexity index is 407. The highest BCUT2D eigenvalue weighted by Crippen LogP contribution is 2.40. The minimum Gasteiger partial charge on any atom is -0.152 e. The quantitative estimate of drug-likeness (QED) is 0.678. The van der Waals surface area contributed by atoms with Gasteiger partial charge in [0.05, 0.1) is 0 Å². The molecule has 14 heavy (non-hydrogen) atoms. The average molecular weight is 200 g/mol. The molecule has 0 atom stereocenters. The largest absolute Gasteiger partial charge is 0.152 e. The molecular formula is C13H12S. The lowest BCUT2D eigenvalue weighted by Gasteiger charge is -2.00. The highest BCUT2D eigenvalue weighted by atomic mass is 32.1. The molecule has 0 unspecified atom stereocenters. The van der Waals surface area contributed by atoms with E-state index in [2.05, 4.69) is 41.1 Å². The first kappa shape index (κ1) is 8.25. The lowest BCUT2D eigenvalue weighted by molar-refractivity contribution is 1.13. The Kier molecular flexibility index (Phi) is 1.91. The minimum absolute atomic E-state index is 0.867. The summed E-state index contributed by atoms with van der Waals surface area (Å²) in [6.45, 7) is 0. The van der Waals surface area contributed by atoms with Crippen LogP contribution in [-0.4, -0.2) is 0 Å². The van der Waals surface area contributed by atoms with E-state index in [4.69, 9.17) is 0 Å². The molecule has 1 heteroatoms. The van der Waals surface area contributed by atoms with Gasteiger partial charge in [-0.25, -0.2) is 0 Å². The lowest BCUT2D eigenvalue weighted by Crippen LogP contribution is -1.79. The van der Waals surface area contributed by atoms with E-state index < -0.39 is 0 Å². The van der Waals surface area contributed by atoms with Gasteiger partial charge in [0.25, 0.3) is 0 Å². The van der Waals surface area contributed by atoms with Crippen molar-refractivity contribution in [3.8, 4) is 11.1 Å². The number of thiophene rings is 1. The molecule has 1 saturated carbocycles. The van der Waals surface area contributed by atoms with E-state index in [9.17, 15) is 0 Å². The standard InChI is InChI=1S/C13H12S/c1-2-10(1)11-3-5-12(6-4-11)13-7-8-14-9-13/h3-10H,1-2H2. The molecular weight excluding hydrogens is 188 g/mol. The maximum Gasteiger partial charge on any atom is -0.00147 e. The Labute approximate surface area is 88.2 Å². The van der Waals surface area contributed by atoms with Crippen LogP contribution in [0, 0.1) is 0 Å². The summed E-state index contributed by atoms with van der Waals surface area (Å²) in [5.41, 5.74) is 4.21. The van der Waals surface area contributed by atoms with Crippen molar-refractivity contribution in [1.29, 1.82) is 0 Å². The van der Waals surface area contributed by atoms with Crippen molar-refractivity contribution in [3.05, 3.63) is 46.7 Å². The molecule has 3 rings (SSSR count). The Morgan fingerprint density at radius 2 is 1.71 bits per heavy atom. The van der Waals surface area contributed by atoms with Crippen LogP contribution in [0.3, 0.4) is 0 Å². The molecule has 1 heterocycles. The smallest absolute Gasteiger partial charge is 0.00147 e.